The summed E-state index contributed by atoms with van der Waals surface area (Å²) in [5, 5.41) is 9.54. The Bertz CT molecular complexity index is 165. The summed E-state index contributed by atoms with van der Waals surface area (Å²) in [6, 6.07) is 0. The van der Waals surface area contributed by atoms with E-state index in [0.29, 0.717) is 12.0 Å². The molecule has 11 heavy (non-hydrogen) atoms. The molecule has 0 saturated heterocycles. The zero-order valence-corrected chi connectivity index (χ0v) is 6.57. The summed E-state index contributed by atoms with van der Waals surface area (Å²) in [7, 11) is 0. The number of hydrogen-bond donors (Lipinski definition) is 1. The van der Waals surface area contributed by atoms with Crippen LogP contribution in [0.5, 0.6) is 0 Å². The molecule has 2 aliphatic rings. The largest absolute Gasteiger partial charge is 0.498 e. The number of hydrogen-bond acceptors (Lipinski definition) is 2. The first-order chi connectivity index (χ1) is 5.38. The van der Waals surface area contributed by atoms with Crippen LogP contribution in [0.2, 0.25) is 0 Å². The summed E-state index contributed by atoms with van der Waals surface area (Å²) >= 11 is 0. The quantitative estimate of drug-likeness (QED) is 0.572. The smallest absolute Gasteiger partial charge is 0.103 e. The molecule has 0 unspecified atom stereocenters. The zero-order chi connectivity index (χ0) is 7.68. The standard InChI is InChI=1S/C9H14O2/c10-8-5-6-11-9-4-2-1-3-7(8)9/h5-10H,1-4H2/t7-,8-,9+/m0/s1. The highest BCUT2D eigenvalue weighted by molar-refractivity contribution is 4.97. The van der Waals surface area contributed by atoms with Gasteiger partial charge in [0.2, 0.25) is 0 Å². The molecule has 1 saturated carbocycles. The van der Waals surface area contributed by atoms with Crippen LogP contribution in [0.4, 0.5) is 0 Å². The second-order valence-electron chi connectivity index (χ2n) is 3.44. The Morgan fingerprint density at radius 3 is 2.91 bits per heavy atom. The summed E-state index contributed by atoms with van der Waals surface area (Å²) in [4.78, 5) is 0. The predicted octanol–water partition coefficient (Wildman–Crippen LogP) is 1.45. The second-order valence-corrected chi connectivity index (χ2v) is 3.44. The van der Waals surface area contributed by atoms with Crippen LogP contribution in [0.1, 0.15) is 25.7 Å². The maximum absolute atomic E-state index is 9.54. The number of ether oxygens (including phenoxy) is 1. The van der Waals surface area contributed by atoms with Gasteiger partial charge in [-0.3, -0.25) is 0 Å². The molecule has 1 fully saturated rings. The lowest BCUT2D eigenvalue weighted by molar-refractivity contribution is -0.0211. The Balaban J connectivity index is 2.08. The van der Waals surface area contributed by atoms with Gasteiger partial charge in [-0.15, -0.1) is 0 Å². The van der Waals surface area contributed by atoms with Crippen LogP contribution in [0.3, 0.4) is 0 Å². The molecule has 1 aliphatic carbocycles. The Kier molecular flexibility index (Phi) is 1.86. The minimum absolute atomic E-state index is 0.256. The lowest BCUT2D eigenvalue weighted by atomic mass is 9.82. The maximum atomic E-state index is 9.54. The van der Waals surface area contributed by atoms with Crippen LogP contribution in [-0.2, 0) is 4.74 Å². The summed E-state index contributed by atoms with van der Waals surface area (Å²) in [6.07, 6.45) is 8.18. The molecule has 0 radical (unpaired) electrons. The van der Waals surface area contributed by atoms with Crippen LogP contribution in [0.15, 0.2) is 12.3 Å². The van der Waals surface area contributed by atoms with E-state index >= 15 is 0 Å². The first-order valence-electron chi connectivity index (χ1n) is 4.38. The zero-order valence-electron chi connectivity index (χ0n) is 6.57. The number of fused-ring (bicyclic) bond motifs is 1. The molecule has 0 aromatic heterocycles. The Morgan fingerprint density at radius 1 is 1.27 bits per heavy atom. The Morgan fingerprint density at radius 2 is 2.09 bits per heavy atom. The van der Waals surface area contributed by atoms with Gasteiger partial charge in [0.15, 0.2) is 0 Å². The van der Waals surface area contributed by atoms with Gasteiger partial charge in [-0.2, -0.15) is 0 Å². The highest BCUT2D eigenvalue weighted by Crippen LogP contribution is 2.32. The highest BCUT2D eigenvalue weighted by atomic mass is 16.5. The van der Waals surface area contributed by atoms with Gasteiger partial charge in [0.25, 0.3) is 0 Å². The first-order valence-corrected chi connectivity index (χ1v) is 4.38. The molecule has 3 atom stereocenters. The van der Waals surface area contributed by atoms with E-state index in [1.165, 1.54) is 12.8 Å². The number of rotatable bonds is 0. The van der Waals surface area contributed by atoms with Crippen molar-refractivity contribution >= 4 is 0 Å². The minimum Gasteiger partial charge on any atom is -0.498 e. The van der Waals surface area contributed by atoms with E-state index in [1.807, 2.05) is 0 Å². The molecule has 0 aromatic rings. The van der Waals surface area contributed by atoms with E-state index in [9.17, 15) is 5.11 Å². The van der Waals surface area contributed by atoms with Crippen LogP contribution in [-0.4, -0.2) is 17.3 Å². The van der Waals surface area contributed by atoms with Gasteiger partial charge in [0.05, 0.1) is 12.4 Å². The van der Waals surface area contributed by atoms with Crippen molar-refractivity contribution in [2.75, 3.05) is 0 Å². The van der Waals surface area contributed by atoms with Gasteiger partial charge in [-0.05, 0) is 25.3 Å². The van der Waals surface area contributed by atoms with Crippen molar-refractivity contribution in [3.8, 4) is 0 Å². The van der Waals surface area contributed by atoms with E-state index < -0.39 is 0 Å². The first kappa shape index (κ1) is 7.17. The lowest BCUT2D eigenvalue weighted by Crippen LogP contribution is -2.37. The fourth-order valence-corrected chi connectivity index (χ4v) is 2.05. The van der Waals surface area contributed by atoms with Crippen LogP contribution >= 0.6 is 0 Å². The SMILES string of the molecule is O[C@H]1C=CO[C@@H]2CCCC[C@@H]12. The fourth-order valence-electron chi connectivity index (χ4n) is 2.05. The van der Waals surface area contributed by atoms with Crippen molar-refractivity contribution in [3.05, 3.63) is 12.3 Å². The molecule has 0 amide bonds. The van der Waals surface area contributed by atoms with Crippen molar-refractivity contribution in [1.29, 1.82) is 0 Å². The Labute approximate surface area is 66.9 Å². The lowest BCUT2D eigenvalue weighted by Gasteiger charge is -2.35. The van der Waals surface area contributed by atoms with Crippen molar-refractivity contribution in [3.63, 3.8) is 0 Å². The highest BCUT2D eigenvalue weighted by Gasteiger charge is 2.32. The minimum atomic E-state index is -0.256. The number of aliphatic hydroxyl groups excluding tert-OH is 1. The van der Waals surface area contributed by atoms with Crippen molar-refractivity contribution in [2.24, 2.45) is 5.92 Å². The normalized spacial score (nSPS) is 42.8. The molecule has 0 bridgehead atoms. The van der Waals surface area contributed by atoms with Crippen LogP contribution in [0.25, 0.3) is 0 Å². The fraction of sp³-hybridized carbons (Fsp3) is 0.778. The average Bonchev–Trinajstić information content (AvgIpc) is 2.06. The molecule has 0 aromatic carbocycles. The van der Waals surface area contributed by atoms with Crippen molar-refractivity contribution in [2.45, 2.75) is 37.9 Å². The Hall–Kier alpha value is -0.500. The maximum Gasteiger partial charge on any atom is 0.103 e. The summed E-state index contributed by atoms with van der Waals surface area (Å²) < 4.78 is 5.41. The molecule has 2 nitrogen and oxygen atoms in total. The predicted molar refractivity (Wildman–Crippen MR) is 42.0 cm³/mol. The molecule has 2 heteroatoms. The van der Waals surface area contributed by atoms with Crippen LogP contribution < -0.4 is 0 Å². The molecule has 1 heterocycles. The van der Waals surface area contributed by atoms with E-state index in [-0.39, 0.29) is 6.10 Å². The van der Waals surface area contributed by atoms with Gasteiger partial charge in [-0.1, -0.05) is 6.42 Å². The van der Waals surface area contributed by atoms with Gasteiger partial charge < -0.3 is 9.84 Å². The van der Waals surface area contributed by atoms with Gasteiger partial charge in [-0.25, -0.2) is 0 Å². The van der Waals surface area contributed by atoms with E-state index in [0.717, 1.165) is 12.8 Å². The van der Waals surface area contributed by atoms with Gasteiger partial charge in [0.1, 0.15) is 6.10 Å². The second kappa shape index (κ2) is 2.86. The average molecular weight is 154 g/mol. The molecular formula is C9H14O2. The van der Waals surface area contributed by atoms with Crippen molar-refractivity contribution < 1.29 is 9.84 Å². The van der Waals surface area contributed by atoms with E-state index in [4.69, 9.17) is 4.74 Å². The molecule has 2 rings (SSSR count). The molecule has 1 aliphatic heterocycles. The molecule has 0 spiro atoms. The van der Waals surface area contributed by atoms with Crippen LogP contribution in [0, 0.1) is 5.92 Å². The van der Waals surface area contributed by atoms with E-state index in [2.05, 4.69) is 0 Å². The topological polar surface area (TPSA) is 29.5 Å². The molecule has 1 N–H and O–H groups in total. The summed E-state index contributed by atoms with van der Waals surface area (Å²) in [6.45, 7) is 0. The third-order valence-corrected chi connectivity index (χ3v) is 2.72. The number of aliphatic hydroxyl groups is 1. The third kappa shape index (κ3) is 1.27. The molecular weight excluding hydrogens is 140 g/mol. The monoisotopic (exact) mass is 154 g/mol. The van der Waals surface area contributed by atoms with Gasteiger partial charge >= 0.3 is 0 Å². The molecule has 62 valence electrons. The summed E-state index contributed by atoms with van der Waals surface area (Å²) in [5.74, 6) is 0.369. The van der Waals surface area contributed by atoms with Gasteiger partial charge in [0, 0.05) is 5.92 Å². The van der Waals surface area contributed by atoms with E-state index in [1.54, 1.807) is 12.3 Å². The van der Waals surface area contributed by atoms with Crippen molar-refractivity contribution in [1.82, 2.24) is 0 Å². The third-order valence-electron chi connectivity index (χ3n) is 2.72. The summed E-state index contributed by atoms with van der Waals surface area (Å²) in [5.41, 5.74) is 0.